The number of unbranched alkanes of at least 4 members (excludes halogenated alkanes) is 9. The van der Waals surface area contributed by atoms with E-state index in [1.807, 2.05) is 0 Å². The minimum absolute atomic E-state index is 0. The zero-order valence-corrected chi connectivity index (χ0v) is 18.8. The van der Waals surface area contributed by atoms with Crippen molar-refractivity contribution in [2.75, 3.05) is 5.75 Å². The van der Waals surface area contributed by atoms with Crippen molar-refractivity contribution in [3.63, 3.8) is 0 Å². The number of rotatable bonds is 13. The fourth-order valence-corrected chi connectivity index (χ4v) is 4.43. The summed E-state index contributed by atoms with van der Waals surface area (Å²) in [6.07, 6.45) is 10.3. The molecule has 0 aliphatic heterocycles. The first-order valence-electron chi connectivity index (χ1n) is 7.21. The van der Waals surface area contributed by atoms with E-state index in [-0.39, 0.29) is 35.3 Å². The van der Waals surface area contributed by atoms with Crippen molar-refractivity contribution in [1.82, 2.24) is 0 Å². The third-order valence-corrected chi connectivity index (χ3v) is 6.51. The topological polar surface area (TPSA) is 57.2 Å². The molecule has 0 aliphatic rings. The molecule has 0 aromatic carbocycles. The predicted molar refractivity (Wildman–Crippen MR) is 88.9 cm³/mol. The van der Waals surface area contributed by atoms with E-state index in [1.165, 1.54) is 25.7 Å². The van der Waals surface area contributed by atoms with E-state index in [0.29, 0.717) is 6.42 Å². The Balaban J connectivity index is 0. The molecule has 0 N–H and O–H groups in total. The molecule has 0 fully saturated rings. The summed E-state index contributed by atoms with van der Waals surface area (Å²) in [7, 11) is -4.02. The van der Waals surface area contributed by atoms with Crippen LogP contribution in [0.3, 0.4) is 0 Å². The summed E-state index contributed by atoms with van der Waals surface area (Å²) < 4.78 is 31.1. The Morgan fingerprint density at radius 1 is 0.714 bits per heavy atom. The van der Waals surface area contributed by atoms with Crippen molar-refractivity contribution in [2.45, 2.75) is 70.3 Å². The minimum Gasteiger partial charge on any atom is -0.748 e. The standard InChI is InChI=1S/C12H25Cl3O3SSi.Na/c13-20(14,15)12-10-8-6-4-2-1-3-5-7-9-11-19(16,17)18;/h1-12H2,(H,16,17,18);/q;+1/p-1. The Morgan fingerprint density at radius 3 is 1.38 bits per heavy atom. The summed E-state index contributed by atoms with van der Waals surface area (Å²) in [5.41, 5.74) is 0. The van der Waals surface area contributed by atoms with E-state index >= 15 is 0 Å². The van der Waals surface area contributed by atoms with Crippen molar-refractivity contribution < 1.29 is 42.5 Å². The summed E-state index contributed by atoms with van der Waals surface area (Å²) in [4.78, 5) is 0. The largest absolute Gasteiger partial charge is 1.00 e. The Kier molecular flexibility index (Phi) is 17.2. The summed E-state index contributed by atoms with van der Waals surface area (Å²) in [6.45, 7) is 0. The first-order valence-corrected chi connectivity index (χ1v) is 14.0. The van der Waals surface area contributed by atoms with Gasteiger partial charge in [0.2, 0.25) is 0 Å². The van der Waals surface area contributed by atoms with Gasteiger partial charge in [-0.25, -0.2) is 8.42 Å². The van der Waals surface area contributed by atoms with Crippen molar-refractivity contribution in [1.29, 1.82) is 0 Å². The van der Waals surface area contributed by atoms with E-state index in [4.69, 9.17) is 33.2 Å². The van der Waals surface area contributed by atoms with Gasteiger partial charge < -0.3 is 4.55 Å². The van der Waals surface area contributed by atoms with Crippen LogP contribution >= 0.6 is 33.2 Å². The van der Waals surface area contributed by atoms with E-state index in [0.717, 1.165) is 38.1 Å². The zero-order valence-electron chi connectivity index (χ0n) is 12.8. The third kappa shape index (κ3) is 24.4. The second kappa shape index (κ2) is 14.3. The Labute approximate surface area is 166 Å². The molecule has 0 radical (unpaired) electrons. The molecule has 3 nitrogen and oxygen atoms in total. The molecule has 0 spiro atoms. The van der Waals surface area contributed by atoms with Gasteiger partial charge in [0.1, 0.15) is 0 Å². The average molecular weight is 406 g/mol. The van der Waals surface area contributed by atoms with Crippen LogP contribution in [0.4, 0.5) is 0 Å². The normalized spacial score (nSPS) is 12.2. The monoisotopic (exact) mass is 404 g/mol. The van der Waals surface area contributed by atoms with E-state index in [1.54, 1.807) is 0 Å². The Hall–Kier alpha value is 2.00. The molecule has 9 heteroatoms. The number of hydrogen-bond acceptors (Lipinski definition) is 3. The van der Waals surface area contributed by atoms with Crippen LogP contribution in [0.15, 0.2) is 0 Å². The molecule has 0 saturated carbocycles. The van der Waals surface area contributed by atoms with Gasteiger partial charge in [0.25, 0.3) is 0 Å². The number of hydrogen-bond donors (Lipinski definition) is 0. The quantitative estimate of drug-likeness (QED) is 0.204. The summed E-state index contributed by atoms with van der Waals surface area (Å²) >= 11 is 17.4. The summed E-state index contributed by atoms with van der Waals surface area (Å²) in [5, 5.41) is 0. The average Bonchev–Trinajstić information content (AvgIpc) is 2.27. The van der Waals surface area contributed by atoms with Crippen LogP contribution in [-0.4, -0.2) is 24.7 Å². The fraction of sp³-hybridized carbons (Fsp3) is 1.00. The van der Waals surface area contributed by atoms with Crippen LogP contribution in [0.25, 0.3) is 0 Å². The van der Waals surface area contributed by atoms with Gasteiger partial charge >= 0.3 is 35.6 Å². The molecule has 0 rings (SSSR count). The molecular weight excluding hydrogens is 382 g/mol. The summed E-state index contributed by atoms with van der Waals surface area (Å²) in [5.74, 6) is -0.223. The van der Waals surface area contributed by atoms with Gasteiger partial charge in [0, 0.05) is 5.75 Å². The van der Waals surface area contributed by atoms with Gasteiger partial charge in [0.05, 0.1) is 10.1 Å². The van der Waals surface area contributed by atoms with E-state index in [2.05, 4.69) is 0 Å². The van der Waals surface area contributed by atoms with E-state index in [9.17, 15) is 13.0 Å². The van der Waals surface area contributed by atoms with Crippen LogP contribution in [0.1, 0.15) is 64.2 Å². The SMILES string of the molecule is O=S(=O)([O-])CCCCCCCCCCCC[Si](Cl)(Cl)Cl.[Na+]. The van der Waals surface area contributed by atoms with E-state index < -0.39 is 16.1 Å². The Bertz CT molecular complexity index is 337. The predicted octanol–water partition coefficient (Wildman–Crippen LogP) is 2.09. The maximum absolute atomic E-state index is 10.4. The molecule has 0 aromatic rings. The van der Waals surface area contributed by atoms with Crippen LogP contribution in [0.5, 0.6) is 0 Å². The van der Waals surface area contributed by atoms with Crippen molar-refractivity contribution in [3.8, 4) is 0 Å². The fourth-order valence-electron chi connectivity index (χ4n) is 2.02. The zero-order chi connectivity index (χ0) is 15.5. The third-order valence-electron chi connectivity index (χ3n) is 3.10. The first-order chi connectivity index (χ1) is 9.21. The molecule has 0 amide bonds. The molecule has 21 heavy (non-hydrogen) atoms. The second-order valence-corrected chi connectivity index (χ2v) is 16.0. The van der Waals surface area contributed by atoms with Gasteiger partial charge in [0.15, 0.2) is 0 Å². The van der Waals surface area contributed by atoms with Crippen LogP contribution < -0.4 is 29.6 Å². The summed E-state index contributed by atoms with van der Waals surface area (Å²) in [6, 6.07) is -1.66. The smallest absolute Gasteiger partial charge is 0.748 e. The molecule has 0 unspecified atom stereocenters. The second-order valence-electron chi connectivity index (χ2n) is 5.16. The molecule has 122 valence electrons. The molecule has 0 saturated heterocycles. The van der Waals surface area contributed by atoms with Crippen LogP contribution in [-0.2, 0) is 10.1 Å². The van der Waals surface area contributed by atoms with Gasteiger partial charge in [-0.1, -0.05) is 57.8 Å². The molecule has 0 atom stereocenters. The molecule has 0 aliphatic carbocycles. The van der Waals surface area contributed by atoms with Crippen molar-refractivity contribution in [2.24, 2.45) is 0 Å². The number of halogens is 3. The Morgan fingerprint density at radius 2 is 1.05 bits per heavy atom. The molecular formula is C12H24Cl3NaO3SSi. The molecule has 0 aromatic heterocycles. The van der Waals surface area contributed by atoms with Gasteiger partial charge in [-0.3, -0.25) is 0 Å². The van der Waals surface area contributed by atoms with Crippen molar-refractivity contribution in [3.05, 3.63) is 0 Å². The van der Waals surface area contributed by atoms with Crippen molar-refractivity contribution >= 4 is 49.4 Å². The van der Waals surface area contributed by atoms with Crippen LogP contribution in [0.2, 0.25) is 6.04 Å². The van der Waals surface area contributed by atoms with Crippen LogP contribution in [0, 0.1) is 0 Å². The van der Waals surface area contributed by atoms with Gasteiger partial charge in [-0.2, -0.15) is 0 Å². The minimum atomic E-state index is -4.02. The molecule has 0 bridgehead atoms. The first kappa shape index (κ1) is 25.2. The maximum Gasteiger partial charge on any atom is 1.00 e. The van der Waals surface area contributed by atoms with Gasteiger partial charge in [-0.15, -0.1) is 33.2 Å². The maximum atomic E-state index is 10.4. The molecule has 0 heterocycles. The van der Waals surface area contributed by atoms with Gasteiger partial charge in [-0.05, 0) is 12.5 Å².